The van der Waals surface area contributed by atoms with Crippen LogP contribution in [-0.2, 0) is 0 Å². The molecule has 3 aromatic heterocycles. The molecule has 0 spiro atoms. The van der Waals surface area contributed by atoms with Gasteiger partial charge in [0.05, 0.1) is 37.1 Å². The van der Waals surface area contributed by atoms with Crippen molar-refractivity contribution in [2.45, 2.75) is 0 Å². The van der Waals surface area contributed by atoms with Crippen LogP contribution in [0.3, 0.4) is 0 Å². The Morgan fingerprint density at radius 3 is 1.74 bits per heavy atom. The van der Waals surface area contributed by atoms with E-state index in [0.717, 1.165) is 37.9 Å². The Morgan fingerprint density at radius 2 is 0.968 bits per heavy atom. The van der Waals surface area contributed by atoms with Gasteiger partial charge >= 0.3 is 0 Å². The quantitative estimate of drug-likeness (QED) is 0.157. The van der Waals surface area contributed by atoms with Gasteiger partial charge in [-0.2, -0.15) is 0 Å². The first-order valence-corrected chi connectivity index (χ1v) is 19.4. The summed E-state index contributed by atoms with van der Waals surface area (Å²) in [5, 5.41) is 6.07. The van der Waals surface area contributed by atoms with E-state index >= 15 is 0 Å². The van der Waals surface area contributed by atoms with Gasteiger partial charge in [0.1, 0.15) is 11.2 Å². The van der Waals surface area contributed by atoms with E-state index in [-0.39, 0.29) is 29.2 Å². The number of rotatable bonds is 6. The van der Waals surface area contributed by atoms with Gasteiger partial charge < -0.3 is 8.98 Å². The Labute approximate surface area is 382 Å². The van der Waals surface area contributed by atoms with Gasteiger partial charge in [0.15, 0.2) is 17.5 Å². The molecular formula is C57H34N4O. The highest BCUT2D eigenvalue weighted by atomic mass is 16.3. The zero-order chi connectivity index (χ0) is 57.3. The summed E-state index contributed by atoms with van der Waals surface area (Å²) in [6.07, 6.45) is 0. The lowest BCUT2D eigenvalue weighted by atomic mass is 9.89. The summed E-state index contributed by atoms with van der Waals surface area (Å²) in [7, 11) is 0. The number of nitrogens with zero attached hydrogens (tertiary/aromatic N) is 4. The molecule has 0 aliphatic carbocycles. The van der Waals surface area contributed by atoms with Crippen molar-refractivity contribution in [2.24, 2.45) is 0 Å². The highest BCUT2D eigenvalue weighted by Gasteiger charge is 2.23. The molecule has 0 radical (unpaired) electrons. The second-order valence-electron chi connectivity index (χ2n) is 14.5. The van der Waals surface area contributed by atoms with Crippen LogP contribution in [-0.4, -0.2) is 19.5 Å². The summed E-state index contributed by atoms with van der Waals surface area (Å²) in [6.45, 7) is 0. The summed E-state index contributed by atoms with van der Waals surface area (Å²) >= 11 is 0. The molecule has 0 saturated carbocycles. The second-order valence-corrected chi connectivity index (χ2v) is 14.5. The average molecular weight is 810 g/mol. The molecule has 0 fully saturated rings. The molecule has 0 atom stereocenters. The van der Waals surface area contributed by atoms with Gasteiger partial charge in [-0.05, 0) is 80.8 Å². The topological polar surface area (TPSA) is 56.7 Å². The Morgan fingerprint density at radius 1 is 0.371 bits per heavy atom. The predicted octanol–water partition coefficient (Wildman–Crippen LogP) is 14.9. The maximum absolute atomic E-state index is 9.31. The van der Waals surface area contributed by atoms with E-state index in [4.69, 9.17) is 37.7 Å². The Kier molecular flexibility index (Phi) is 4.53. The van der Waals surface area contributed by atoms with E-state index in [2.05, 4.69) is 4.98 Å². The van der Waals surface area contributed by atoms with Crippen LogP contribution in [0.2, 0.25) is 0 Å². The Bertz CT molecular complexity index is 4900. The zero-order valence-corrected chi connectivity index (χ0v) is 31.9. The van der Waals surface area contributed by atoms with Crippen LogP contribution >= 0.6 is 0 Å². The smallest absolute Gasteiger partial charge is 0.164 e. The van der Waals surface area contributed by atoms with Crippen molar-refractivity contribution in [2.75, 3.05) is 0 Å². The zero-order valence-electron chi connectivity index (χ0n) is 50.9. The molecule has 5 heteroatoms. The van der Waals surface area contributed by atoms with Gasteiger partial charge in [-0.3, -0.25) is 0 Å². The van der Waals surface area contributed by atoms with Crippen LogP contribution in [0.25, 0.3) is 127 Å². The number of benzene rings is 10. The fraction of sp³-hybridized carbons (Fsp3) is 0. The van der Waals surface area contributed by atoms with Crippen molar-refractivity contribution in [1.82, 2.24) is 19.5 Å². The molecule has 13 aromatic rings. The Hall–Kier alpha value is -8.41. The third-order valence-electron chi connectivity index (χ3n) is 11.2. The van der Waals surface area contributed by atoms with Crippen LogP contribution in [0.1, 0.15) is 26.0 Å². The molecule has 0 unspecified atom stereocenters. The van der Waals surface area contributed by atoms with Crippen LogP contribution in [0, 0.1) is 0 Å². The predicted molar refractivity (Wildman–Crippen MR) is 255 cm³/mol. The van der Waals surface area contributed by atoms with E-state index in [1.165, 1.54) is 0 Å². The van der Waals surface area contributed by atoms with Crippen LogP contribution in [0.15, 0.2) is 210 Å². The molecule has 0 aliphatic heterocycles. The van der Waals surface area contributed by atoms with Gasteiger partial charge in [0.2, 0.25) is 0 Å². The van der Waals surface area contributed by atoms with Crippen molar-refractivity contribution in [3.63, 3.8) is 0 Å². The second kappa shape index (κ2) is 13.6. The van der Waals surface area contributed by atoms with E-state index < -0.39 is 137 Å². The molecule has 5 nitrogen and oxygen atoms in total. The highest BCUT2D eigenvalue weighted by molar-refractivity contribution is 6.36. The standard InChI is InChI=1S/C57H34N4O/c1-4-14-35(15-5-1)36-26-28-38(29-27-36)56-58-55(37-16-6-2-7-17-37)59-57(60-56)45-23-13-25-50-51(45)46-34-39(30-33-49(46)62-50)41-31-32-48-54-52(41)43-21-11-10-20-42(43)44-22-12-24-47(53(44)54)61(48)40-18-8-3-9-19-40/h1-34H/i1D,2D,3D,4D,5D,6D,7D,8D,9D,14D,15D,16D,17D,18D,19D,26D,27D,28D,29D. The lowest BCUT2D eigenvalue weighted by Crippen LogP contribution is -2.00. The van der Waals surface area contributed by atoms with Crippen LogP contribution in [0.4, 0.5) is 0 Å². The maximum Gasteiger partial charge on any atom is 0.164 e. The van der Waals surface area contributed by atoms with Gasteiger partial charge in [0.25, 0.3) is 0 Å². The Balaban J connectivity index is 1.07. The van der Waals surface area contributed by atoms with Crippen molar-refractivity contribution >= 4 is 65.3 Å². The van der Waals surface area contributed by atoms with Crippen LogP contribution < -0.4 is 0 Å². The van der Waals surface area contributed by atoms with Gasteiger partial charge in [-0.15, -0.1) is 0 Å². The number of furan rings is 1. The summed E-state index contributed by atoms with van der Waals surface area (Å²) in [5.74, 6) is -1.21. The molecule has 288 valence electrons. The fourth-order valence-corrected chi connectivity index (χ4v) is 8.61. The van der Waals surface area contributed by atoms with Crippen LogP contribution in [0.5, 0.6) is 0 Å². The van der Waals surface area contributed by atoms with E-state index in [0.29, 0.717) is 38.5 Å². The first-order valence-electron chi connectivity index (χ1n) is 28.9. The largest absolute Gasteiger partial charge is 0.456 e. The minimum absolute atomic E-state index is 0.00127. The summed E-state index contributed by atoms with van der Waals surface area (Å²) in [4.78, 5) is 14.0. The molecule has 0 N–H and O–H groups in total. The lowest BCUT2D eigenvalue weighted by molar-refractivity contribution is 0.669. The molecule has 10 aromatic carbocycles. The van der Waals surface area contributed by atoms with Crippen molar-refractivity contribution in [1.29, 1.82) is 0 Å². The fourth-order valence-electron chi connectivity index (χ4n) is 8.61. The molecular weight excluding hydrogens is 757 g/mol. The monoisotopic (exact) mass is 809 g/mol. The van der Waals surface area contributed by atoms with Gasteiger partial charge in [-0.25, -0.2) is 15.0 Å². The molecule has 0 aliphatic rings. The SMILES string of the molecule is [2H]c1c([2H])c([2H])c(-c2nc(-c3c([2H])c([2H])c(-c4c([2H])c([2H])c([2H])c([2H])c4[2H])c([2H])c3[2H])nc(-c3cccc4oc5ccc(-c6ccc7c8c6c6ccccc6c6cccc(c68)n7-c6c([2H])c([2H])c([2H])c([2H])c6[2H])cc5c34)n2)c([2H])c1[2H]. The molecule has 0 bridgehead atoms. The molecule has 0 saturated heterocycles. The third-order valence-corrected chi connectivity index (χ3v) is 11.2. The van der Waals surface area contributed by atoms with Crippen molar-refractivity contribution < 1.29 is 30.5 Å². The van der Waals surface area contributed by atoms with Crippen molar-refractivity contribution in [3.8, 4) is 62.1 Å². The number of hydrogen-bond donors (Lipinski definition) is 0. The summed E-state index contributed by atoms with van der Waals surface area (Å²) < 4.78 is 174. The van der Waals surface area contributed by atoms with E-state index in [9.17, 15) is 2.74 Å². The summed E-state index contributed by atoms with van der Waals surface area (Å²) in [5.41, 5.74) is 1.54. The molecule has 3 heterocycles. The number of hydrogen-bond acceptors (Lipinski definition) is 4. The maximum atomic E-state index is 9.31. The molecule has 13 rings (SSSR count). The van der Waals surface area contributed by atoms with Gasteiger partial charge in [0, 0.05) is 49.3 Å². The summed E-state index contributed by atoms with van der Waals surface area (Å²) in [6, 6.07) is 15.4. The average Bonchev–Trinajstić information content (AvgIpc) is 2.50. The third kappa shape index (κ3) is 5.25. The molecule has 62 heavy (non-hydrogen) atoms. The van der Waals surface area contributed by atoms with E-state index in [1.807, 2.05) is 66.7 Å². The lowest BCUT2D eigenvalue weighted by Gasteiger charge is -2.13. The number of fused-ring (bicyclic) bond motifs is 6. The minimum atomic E-state index is -0.805. The normalized spacial score (nSPS) is 16.2. The van der Waals surface area contributed by atoms with Gasteiger partial charge in [-0.1, -0.05) is 163 Å². The number of para-hydroxylation sites is 1. The highest BCUT2D eigenvalue weighted by Crippen LogP contribution is 2.48. The van der Waals surface area contributed by atoms with Crippen molar-refractivity contribution in [3.05, 3.63) is 206 Å². The minimum Gasteiger partial charge on any atom is -0.456 e. The number of aromatic nitrogens is 4. The first kappa shape index (κ1) is 20.7. The first-order chi connectivity index (χ1) is 38.6. The molecule has 0 amide bonds. The van der Waals surface area contributed by atoms with E-state index in [1.54, 1.807) is 28.8 Å².